The molecular weight excluding hydrogens is 673 g/mol. The van der Waals surface area contributed by atoms with Crippen LogP contribution in [0, 0.1) is 0 Å². The SMILES string of the molecule is C1=C(c2ccc3c(c2)oc2c4ccccc4c4sc5ccccc5c4c32)CCc2cc(-c3c4ccccc4c(-c4ccccc4)c4ccccc34)ccc21. The highest BCUT2D eigenvalue weighted by atomic mass is 32.1. The van der Waals surface area contributed by atoms with E-state index in [9.17, 15) is 0 Å². The van der Waals surface area contributed by atoms with Gasteiger partial charge in [-0.05, 0) is 97.1 Å². The molecule has 0 bridgehead atoms. The fraction of sp³-hybridized carbons (Fsp3) is 0.0385. The van der Waals surface area contributed by atoms with Crippen LogP contribution in [0.3, 0.4) is 0 Å². The second-order valence-corrected chi connectivity index (χ2v) is 15.7. The van der Waals surface area contributed by atoms with Crippen molar-refractivity contribution in [2.24, 2.45) is 0 Å². The van der Waals surface area contributed by atoms with Crippen molar-refractivity contribution in [3.63, 3.8) is 0 Å². The summed E-state index contributed by atoms with van der Waals surface area (Å²) in [6.07, 6.45) is 4.39. The predicted molar refractivity (Wildman–Crippen MR) is 233 cm³/mol. The first-order valence-corrected chi connectivity index (χ1v) is 19.6. The normalized spacial score (nSPS) is 13.1. The lowest BCUT2D eigenvalue weighted by Crippen LogP contribution is -2.00. The molecule has 0 atom stereocenters. The van der Waals surface area contributed by atoms with Crippen molar-refractivity contribution in [3.05, 3.63) is 180 Å². The monoisotopic (exact) mass is 704 g/mol. The second kappa shape index (κ2) is 11.5. The summed E-state index contributed by atoms with van der Waals surface area (Å²) in [7, 11) is 0. The van der Waals surface area contributed by atoms with Crippen molar-refractivity contribution in [1.82, 2.24) is 0 Å². The first kappa shape index (κ1) is 30.0. The van der Waals surface area contributed by atoms with E-state index in [2.05, 4.69) is 170 Å². The van der Waals surface area contributed by atoms with Crippen LogP contribution in [0.25, 0.3) is 108 Å². The lowest BCUT2D eigenvalue weighted by molar-refractivity contribution is 0.672. The number of hydrogen-bond acceptors (Lipinski definition) is 2. The van der Waals surface area contributed by atoms with Gasteiger partial charge in [-0.1, -0.05) is 152 Å². The second-order valence-electron chi connectivity index (χ2n) is 14.7. The van der Waals surface area contributed by atoms with E-state index in [4.69, 9.17) is 4.42 Å². The average molecular weight is 705 g/mol. The Morgan fingerprint density at radius 3 is 1.78 bits per heavy atom. The number of fused-ring (bicyclic) bond motifs is 13. The molecule has 0 aliphatic heterocycles. The molecule has 0 N–H and O–H groups in total. The minimum absolute atomic E-state index is 0.954. The van der Waals surface area contributed by atoms with Gasteiger partial charge in [0.15, 0.2) is 0 Å². The lowest BCUT2D eigenvalue weighted by atomic mass is 9.83. The molecule has 0 saturated carbocycles. The van der Waals surface area contributed by atoms with Crippen LogP contribution >= 0.6 is 11.3 Å². The van der Waals surface area contributed by atoms with Gasteiger partial charge in [-0.3, -0.25) is 0 Å². The van der Waals surface area contributed by atoms with Gasteiger partial charge < -0.3 is 4.42 Å². The summed E-state index contributed by atoms with van der Waals surface area (Å²) in [5.41, 5.74) is 12.4. The molecule has 2 aromatic heterocycles. The molecule has 11 aromatic rings. The minimum Gasteiger partial charge on any atom is -0.455 e. The summed E-state index contributed by atoms with van der Waals surface area (Å²) in [5.74, 6) is 0. The van der Waals surface area contributed by atoms with E-state index in [1.807, 2.05) is 11.3 Å². The van der Waals surface area contributed by atoms with Crippen molar-refractivity contribution < 1.29 is 4.42 Å². The fourth-order valence-corrected chi connectivity index (χ4v) is 10.6. The first-order chi connectivity index (χ1) is 26.8. The molecule has 0 radical (unpaired) electrons. The third-order valence-electron chi connectivity index (χ3n) is 11.7. The van der Waals surface area contributed by atoms with Gasteiger partial charge in [0.1, 0.15) is 11.2 Å². The Morgan fingerprint density at radius 1 is 0.426 bits per heavy atom. The molecule has 1 aliphatic rings. The van der Waals surface area contributed by atoms with Gasteiger partial charge in [-0.25, -0.2) is 0 Å². The fourth-order valence-electron chi connectivity index (χ4n) is 9.33. The van der Waals surface area contributed by atoms with E-state index in [1.165, 1.54) is 108 Å². The summed E-state index contributed by atoms with van der Waals surface area (Å²) in [4.78, 5) is 0. The van der Waals surface area contributed by atoms with Gasteiger partial charge in [0.25, 0.3) is 0 Å². The zero-order valence-electron chi connectivity index (χ0n) is 29.4. The number of aryl methyl sites for hydroxylation is 1. The molecule has 0 fully saturated rings. The summed E-state index contributed by atoms with van der Waals surface area (Å²) >= 11 is 1.89. The van der Waals surface area contributed by atoms with Crippen LogP contribution in [0.5, 0.6) is 0 Å². The molecule has 2 heteroatoms. The largest absolute Gasteiger partial charge is 0.455 e. The van der Waals surface area contributed by atoms with E-state index in [1.54, 1.807) is 0 Å². The van der Waals surface area contributed by atoms with E-state index in [-0.39, 0.29) is 0 Å². The van der Waals surface area contributed by atoms with Gasteiger partial charge in [-0.15, -0.1) is 11.3 Å². The van der Waals surface area contributed by atoms with Crippen molar-refractivity contribution >= 4 is 97.4 Å². The highest BCUT2D eigenvalue weighted by Crippen LogP contribution is 2.48. The highest BCUT2D eigenvalue weighted by Gasteiger charge is 2.22. The van der Waals surface area contributed by atoms with Gasteiger partial charge >= 0.3 is 0 Å². The quantitative estimate of drug-likeness (QED) is 0.167. The molecule has 1 nitrogen and oxygen atoms in total. The number of furan rings is 1. The number of hydrogen-bond donors (Lipinski definition) is 0. The maximum Gasteiger partial charge on any atom is 0.143 e. The Morgan fingerprint density at radius 2 is 1.04 bits per heavy atom. The zero-order chi connectivity index (χ0) is 35.3. The number of allylic oxidation sites excluding steroid dienone is 1. The van der Waals surface area contributed by atoms with E-state index in [0.29, 0.717) is 0 Å². The van der Waals surface area contributed by atoms with Crippen LogP contribution in [0.2, 0.25) is 0 Å². The standard InChI is InChI=1S/C52H32OS/c1-2-12-31(13-3-1)47-37-14-4-6-16-39(37)48(40-17-7-5-15-38(40)47)36-25-24-32-28-33(22-23-34(32)29-36)35-26-27-43-45(30-35)53-51-41-18-8-9-19-42(41)52-50(49(43)51)44-20-10-11-21-46(44)54-52/h1-21,24-30H,22-23H2. The maximum atomic E-state index is 6.84. The Labute approximate surface area is 316 Å². The first-order valence-electron chi connectivity index (χ1n) is 18.8. The van der Waals surface area contributed by atoms with Crippen LogP contribution in [0.4, 0.5) is 0 Å². The molecular formula is C52H32OS. The minimum atomic E-state index is 0.954. The van der Waals surface area contributed by atoms with E-state index in [0.717, 1.165) is 24.0 Å². The molecule has 0 amide bonds. The van der Waals surface area contributed by atoms with E-state index >= 15 is 0 Å². The van der Waals surface area contributed by atoms with Gasteiger partial charge in [-0.2, -0.15) is 0 Å². The van der Waals surface area contributed by atoms with Crippen LogP contribution in [0.15, 0.2) is 168 Å². The summed E-state index contributed by atoms with van der Waals surface area (Å²) in [6, 6.07) is 60.2. The topological polar surface area (TPSA) is 13.1 Å². The third-order valence-corrected chi connectivity index (χ3v) is 12.9. The Balaban J connectivity index is 0.992. The summed E-state index contributed by atoms with van der Waals surface area (Å²) in [5, 5.41) is 12.6. The lowest BCUT2D eigenvalue weighted by Gasteiger charge is -2.20. The molecule has 0 spiro atoms. The predicted octanol–water partition coefficient (Wildman–Crippen LogP) is 15.2. The van der Waals surface area contributed by atoms with Crippen LogP contribution in [0.1, 0.15) is 23.1 Å². The average Bonchev–Trinajstić information content (AvgIpc) is 3.81. The maximum absolute atomic E-state index is 6.84. The Bertz CT molecular complexity index is 3320. The van der Waals surface area contributed by atoms with Crippen LogP contribution in [-0.4, -0.2) is 0 Å². The molecule has 54 heavy (non-hydrogen) atoms. The molecule has 12 rings (SSSR count). The van der Waals surface area contributed by atoms with Gasteiger partial charge in [0, 0.05) is 41.7 Å². The summed E-state index contributed by atoms with van der Waals surface area (Å²) in [6.45, 7) is 0. The molecule has 1 aliphatic carbocycles. The van der Waals surface area contributed by atoms with Crippen molar-refractivity contribution in [1.29, 1.82) is 0 Å². The Kier molecular flexibility index (Phi) is 6.40. The number of benzene rings is 9. The molecule has 0 saturated heterocycles. The number of rotatable bonds is 3. The third kappa shape index (κ3) is 4.32. The molecule has 9 aromatic carbocycles. The number of thiophene rings is 1. The highest BCUT2D eigenvalue weighted by molar-refractivity contribution is 7.27. The van der Waals surface area contributed by atoms with Crippen LogP contribution in [-0.2, 0) is 6.42 Å². The summed E-state index contributed by atoms with van der Waals surface area (Å²) < 4.78 is 9.50. The van der Waals surface area contributed by atoms with Crippen molar-refractivity contribution in [2.45, 2.75) is 12.8 Å². The van der Waals surface area contributed by atoms with Crippen molar-refractivity contribution in [2.75, 3.05) is 0 Å². The Hall–Kier alpha value is -6.48. The molecule has 0 unspecified atom stereocenters. The van der Waals surface area contributed by atoms with Gasteiger partial charge in [0.05, 0.1) is 0 Å². The van der Waals surface area contributed by atoms with Crippen LogP contribution < -0.4 is 0 Å². The molecule has 2 heterocycles. The van der Waals surface area contributed by atoms with Crippen molar-refractivity contribution in [3.8, 4) is 22.3 Å². The van der Waals surface area contributed by atoms with E-state index < -0.39 is 0 Å². The molecule has 252 valence electrons. The smallest absolute Gasteiger partial charge is 0.143 e. The van der Waals surface area contributed by atoms with Gasteiger partial charge in [0.2, 0.25) is 0 Å². The zero-order valence-corrected chi connectivity index (χ0v) is 30.2.